The predicted octanol–water partition coefficient (Wildman–Crippen LogP) is 5.80. The second-order valence-electron chi connectivity index (χ2n) is 4.92. The third-order valence-electron chi connectivity index (χ3n) is 3.00. The molecule has 1 aromatic carbocycles. The third-order valence-corrected chi connectivity index (χ3v) is 4.32. The van der Waals surface area contributed by atoms with Crippen LogP contribution >= 0.6 is 34.5 Å². The summed E-state index contributed by atoms with van der Waals surface area (Å²) in [7, 11) is 0. The number of halogens is 5. The summed E-state index contributed by atoms with van der Waals surface area (Å²) < 4.78 is 41.6. The maximum Gasteiger partial charge on any atom is 0.392 e. The molecule has 2 aromatic rings. The molecule has 25 heavy (non-hydrogen) atoms. The van der Waals surface area contributed by atoms with Gasteiger partial charge in [0.05, 0.1) is 28.8 Å². The van der Waals surface area contributed by atoms with Gasteiger partial charge < -0.3 is 10.1 Å². The number of amides is 1. The van der Waals surface area contributed by atoms with Crippen molar-refractivity contribution in [2.75, 3.05) is 11.9 Å². The molecular weight excluding hydrogens is 400 g/mol. The molecule has 2 rings (SSSR count). The molecule has 0 spiro atoms. The van der Waals surface area contributed by atoms with E-state index in [9.17, 15) is 18.0 Å². The van der Waals surface area contributed by atoms with E-state index in [1.165, 1.54) is 23.5 Å². The fourth-order valence-corrected chi connectivity index (χ4v) is 3.12. The number of carbonyl (C=O) groups is 1. The quantitative estimate of drug-likeness (QED) is 0.652. The average Bonchev–Trinajstić information content (AvgIpc) is 2.97. The molecule has 10 heteroatoms. The lowest BCUT2D eigenvalue weighted by Gasteiger charge is -2.12. The van der Waals surface area contributed by atoms with Crippen LogP contribution in [-0.2, 0) is 4.79 Å². The summed E-state index contributed by atoms with van der Waals surface area (Å²) in [6.45, 7) is 1.15. The lowest BCUT2D eigenvalue weighted by molar-refractivity contribution is -0.139. The molecule has 136 valence electrons. The van der Waals surface area contributed by atoms with E-state index in [-0.39, 0.29) is 21.7 Å². The lowest BCUT2D eigenvalue weighted by atomic mass is 10.1. The van der Waals surface area contributed by atoms with E-state index < -0.39 is 19.2 Å². The number of hydrogen-bond acceptors (Lipinski definition) is 4. The van der Waals surface area contributed by atoms with E-state index >= 15 is 0 Å². The fourth-order valence-electron chi connectivity index (χ4n) is 1.79. The van der Waals surface area contributed by atoms with E-state index in [1.54, 1.807) is 12.3 Å². The van der Waals surface area contributed by atoms with Crippen molar-refractivity contribution in [3.05, 3.63) is 27.6 Å². The SMILES string of the molecule is CCC(=O)Nc1nc(-c2cc(Cl)c(OCCC(F)(F)F)c(Cl)c2)cs1. The van der Waals surface area contributed by atoms with Gasteiger partial charge in [0.2, 0.25) is 5.91 Å². The molecular formula is C15H13Cl2F3N2O2S. The molecule has 0 unspecified atom stereocenters. The number of rotatable bonds is 6. The maximum atomic E-state index is 12.2. The van der Waals surface area contributed by atoms with Gasteiger partial charge >= 0.3 is 6.18 Å². The molecule has 4 nitrogen and oxygen atoms in total. The Hall–Kier alpha value is -1.51. The molecule has 0 bridgehead atoms. The van der Waals surface area contributed by atoms with Crippen molar-refractivity contribution in [1.29, 1.82) is 0 Å². The molecule has 1 aromatic heterocycles. The van der Waals surface area contributed by atoms with Gasteiger partial charge in [0.25, 0.3) is 0 Å². The zero-order valence-electron chi connectivity index (χ0n) is 12.9. The molecule has 0 fully saturated rings. The molecule has 0 saturated carbocycles. The third kappa shape index (κ3) is 5.76. The van der Waals surface area contributed by atoms with Gasteiger partial charge in [-0.2, -0.15) is 13.2 Å². The molecule has 1 heterocycles. The standard InChI is InChI=1S/C15H13Cl2F3N2O2S/c1-2-12(23)22-14-21-11(7-25-14)8-5-9(16)13(10(17)6-8)24-4-3-15(18,19)20/h5-7H,2-4H2,1H3,(H,21,22,23). The Labute approximate surface area is 155 Å². The molecule has 0 atom stereocenters. The minimum Gasteiger partial charge on any atom is -0.490 e. The van der Waals surface area contributed by atoms with E-state index in [1.807, 2.05) is 0 Å². The Morgan fingerprint density at radius 2 is 1.96 bits per heavy atom. The second kappa shape index (κ2) is 8.25. The first-order chi connectivity index (χ1) is 11.7. The second-order valence-corrected chi connectivity index (χ2v) is 6.59. The zero-order chi connectivity index (χ0) is 18.6. The van der Waals surface area contributed by atoms with Crippen LogP contribution in [0.4, 0.5) is 18.3 Å². The number of alkyl halides is 3. The number of nitrogens with zero attached hydrogens (tertiary/aromatic N) is 1. The summed E-state index contributed by atoms with van der Waals surface area (Å²) in [5.41, 5.74) is 1.09. The van der Waals surface area contributed by atoms with Crippen molar-refractivity contribution in [2.24, 2.45) is 0 Å². The van der Waals surface area contributed by atoms with Crippen molar-refractivity contribution in [1.82, 2.24) is 4.98 Å². The highest BCUT2D eigenvalue weighted by atomic mass is 35.5. The molecule has 0 aliphatic heterocycles. The topological polar surface area (TPSA) is 51.2 Å². The van der Waals surface area contributed by atoms with Gasteiger partial charge in [0, 0.05) is 17.4 Å². The van der Waals surface area contributed by atoms with Crippen molar-refractivity contribution in [3.63, 3.8) is 0 Å². The van der Waals surface area contributed by atoms with E-state index in [0.717, 1.165) is 0 Å². The van der Waals surface area contributed by atoms with Crippen LogP contribution in [-0.4, -0.2) is 23.7 Å². The predicted molar refractivity (Wildman–Crippen MR) is 92.7 cm³/mol. The molecule has 0 saturated heterocycles. The van der Waals surface area contributed by atoms with Crippen molar-refractivity contribution in [2.45, 2.75) is 25.9 Å². The van der Waals surface area contributed by atoms with E-state index in [0.29, 0.717) is 22.8 Å². The monoisotopic (exact) mass is 412 g/mol. The van der Waals surface area contributed by atoms with Gasteiger partial charge in [-0.25, -0.2) is 4.98 Å². The van der Waals surface area contributed by atoms with Gasteiger partial charge in [-0.1, -0.05) is 30.1 Å². The average molecular weight is 413 g/mol. The van der Waals surface area contributed by atoms with Crippen LogP contribution in [0.3, 0.4) is 0 Å². The number of hydrogen-bond donors (Lipinski definition) is 1. The van der Waals surface area contributed by atoms with Crippen LogP contribution in [0.1, 0.15) is 19.8 Å². The van der Waals surface area contributed by atoms with Crippen LogP contribution in [0.5, 0.6) is 5.75 Å². The number of aromatic nitrogens is 1. The molecule has 0 radical (unpaired) electrons. The summed E-state index contributed by atoms with van der Waals surface area (Å²) in [5.74, 6) is -0.170. The van der Waals surface area contributed by atoms with Crippen molar-refractivity contribution < 1.29 is 22.7 Å². The first-order valence-corrected chi connectivity index (χ1v) is 8.77. The Bertz CT molecular complexity index is 742. The van der Waals surface area contributed by atoms with Crippen LogP contribution in [0.2, 0.25) is 10.0 Å². The smallest absolute Gasteiger partial charge is 0.392 e. The minimum atomic E-state index is -4.32. The summed E-state index contributed by atoms with van der Waals surface area (Å²) in [4.78, 5) is 15.6. The van der Waals surface area contributed by atoms with Crippen LogP contribution < -0.4 is 10.1 Å². The Morgan fingerprint density at radius 1 is 1.32 bits per heavy atom. The normalized spacial score (nSPS) is 11.4. The summed E-state index contributed by atoms with van der Waals surface area (Å²) >= 11 is 13.4. The van der Waals surface area contributed by atoms with Crippen molar-refractivity contribution in [3.8, 4) is 17.0 Å². The van der Waals surface area contributed by atoms with Crippen LogP contribution in [0, 0.1) is 0 Å². The van der Waals surface area contributed by atoms with Gasteiger partial charge in [-0.15, -0.1) is 11.3 Å². The highest BCUT2D eigenvalue weighted by molar-refractivity contribution is 7.14. The summed E-state index contributed by atoms with van der Waals surface area (Å²) in [5, 5.41) is 4.93. The largest absolute Gasteiger partial charge is 0.490 e. The first-order valence-electron chi connectivity index (χ1n) is 7.14. The maximum absolute atomic E-state index is 12.2. The number of nitrogens with one attached hydrogen (secondary N) is 1. The Kier molecular flexibility index (Phi) is 6.53. The van der Waals surface area contributed by atoms with E-state index in [2.05, 4.69) is 10.3 Å². The number of anilines is 1. The summed E-state index contributed by atoms with van der Waals surface area (Å²) in [6, 6.07) is 2.99. The molecule has 0 aliphatic rings. The highest BCUT2D eigenvalue weighted by Gasteiger charge is 2.27. The Morgan fingerprint density at radius 3 is 2.52 bits per heavy atom. The number of ether oxygens (including phenoxy) is 1. The number of carbonyl (C=O) groups excluding carboxylic acids is 1. The highest BCUT2D eigenvalue weighted by Crippen LogP contribution is 2.38. The lowest BCUT2D eigenvalue weighted by Crippen LogP contribution is -2.13. The van der Waals surface area contributed by atoms with Crippen molar-refractivity contribution >= 4 is 45.6 Å². The van der Waals surface area contributed by atoms with Crippen LogP contribution in [0.25, 0.3) is 11.3 Å². The van der Waals surface area contributed by atoms with Crippen LogP contribution in [0.15, 0.2) is 17.5 Å². The Balaban J connectivity index is 2.15. The minimum absolute atomic E-state index is 0.00827. The molecule has 1 N–H and O–H groups in total. The van der Waals surface area contributed by atoms with Gasteiger partial charge in [-0.05, 0) is 12.1 Å². The van der Waals surface area contributed by atoms with E-state index in [4.69, 9.17) is 27.9 Å². The number of thiazole rings is 1. The first kappa shape index (κ1) is 19.8. The zero-order valence-corrected chi connectivity index (χ0v) is 15.2. The van der Waals surface area contributed by atoms with Gasteiger partial charge in [-0.3, -0.25) is 4.79 Å². The summed E-state index contributed by atoms with van der Waals surface area (Å²) in [6.07, 6.45) is -5.09. The number of benzene rings is 1. The molecule has 0 aliphatic carbocycles. The molecule has 1 amide bonds. The van der Waals surface area contributed by atoms with Gasteiger partial charge in [0.1, 0.15) is 0 Å². The van der Waals surface area contributed by atoms with Gasteiger partial charge in [0.15, 0.2) is 10.9 Å². The fraction of sp³-hybridized carbons (Fsp3) is 0.333.